The van der Waals surface area contributed by atoms with Crippen LogP contribution in [0.2, 0.25) is 0 Å². The lowest BCUT2D eigenvalue weighted by atomic mass is 10.2. The van der Waals surface area contributed by atoms with E-state index in [0.717, 1.165) is 23.0 Å². The normalized spacial score (nSPS) is 11.4. The average Bonchev–Trinajstić information content (AvgIpc) is 3.59. The maximum Gasteiger partial charge on any atom is 0.103 e. The van der Waals surface area contributed by atoms with E-state index >= 15 is 0 Å². The van der Waals surface area contributed by atoms with Crippen molar-refractivity contribution in [1.82, 2.24) is 15.0 Å². The second-order valence-corrected chi connectivity index (χ2v) is 10.5. The SMILES string of the molecule is CC1=CC=C(C)C1.Cc1ccc(C)[nH]1.Cc1ccc(C)o1.Cc1ccc(C)s1.Cc1cnc(C)[nH]1. The molecule has 4 aromatic heterocycles. The Balaban J connectivity index is 0.000000219. The lowest BCUT2D eigenvalue weighted by Crippen LogP contribution is -1.70. The molecule has 1 aliphatic carbocycles. The second kappa shape index (κ2) is 15.8. The Morgan fingerprint density at radius 3 is 1.26 bits per heavy atom. The van der Waals surface area contributed by atoms with Crippen molar-refractivity contribution in [3.63, 3.8) is 0 Å². The number of furan rings is 1. The molecule has 0 bridgehead atoms. The van der Waals surface area contributed by atoms with Gasteiger partial charge in [-0.1, -0.05) is 23.3 Å². The van der Waals surface area contributed by atoms with Crippen LogP contribution in [0.3, 0.4) is 0 Å². The standard InChI is InChI=1S/C7H10.C6H9N.C6H8O.C6H8S.C5H8N2/c1-6-3-4-7(2)5-6;3*1-5-3-4-6(2)7-5;1-4-3-6-5(2)7-4/h3-4H,5H2,1-2H3;3-4,7H,1-2H3;2*3-4H,1-2H3;3H,1-2H3,(H,6,7). The lowest BCUT2D eigenvalue weighted by Gasteiger charge is -1.87. The van der Waals surface area contributed by atoms with E-state index in [1.807, 2.05) is 71.2 Å². The number of nitrogens with one attached hydrogen (secondary N) is 2. The lowest BCUT2D eigenvalue weighted by molar-refractivity contribution is 0.504. The Hall–Kier alpha value is -3.05. The first kappa shape index (κ1) is 30.0. The number of rotatable bonds is 0. The van der Waals surface area contributed by atoms with Crippen LogP contribution >= 0.6 is 11.3 Å². The predicted molar refractivity (Wildman–Crippen MR) is 152 cm³/mol. The fraction of sp³-hybridized carbons (Fsp3) is 0.367. The smallest absolute Gasteiger partial charge is 0.103 e. The highest BCUT2D eigenvalue weighted by Gasteiger charge is 1.95. The highest BCUT2D eigenvalue weighted by atomic mass is 32.1. The maximum absolute atomic E-state index is 5.08. The minimum atomic E-state index is 0.984. The molecule has 0 aromatic carbocycles. The van der Waals surface area contributed by atoms with E-state index in [0.29, 0.717) is 0 Å². The van der Waals surface area contributed by atoms with Gasteiger partial charge in [-0.2, -0.15) is 0 Å². The van der Waals surface area contributed by atoms with Crippen molar-refractivity contribution in [1.29, 1.82) is 0 Å². The molecule has 2 N–H and O–H groups in total. The number of imidazole rings is 1. The van der Waals surface area contributed by atoms with E-state index in [-0.39, 0.29) is 0 Å². The van der Waals surface area contributed by atoms with Crippen LogP contribution < -0.4 is 0 Å². The largest absolute Gasteiger partial charge is 0.467 e. The fourth-order valence-electron chi connectivity index (χ4n) is 3.14. The summed E-state index contributed by atoms with van der Waals surface area (Å²) < 4.78 is 5.08. The minimum absolute atomic E-state index is 0.984. The third-order valence-electron chi connectivity index (χ3n) is 4.77. The number of nitrogens with zero attached hydrogens (tertiary/aromatic N) is 1. The van der Waals surface area contributed by atoms with Gasteiger partial charge in [0.2, 0.25) is 0 Å². The van der Waals surface area contributed by atoms with Crippen LogP contribution in [-0.2, 0) is 0 Å². The fourth-order valence-corrected chi connectivity index (χ4v) is 3.92. The highest BCUT2D eigenvalue weighted by Crippen LogP contribution is 2.16. The van der Waals surface area contributed by atoms with Crippen molar-refractivity contribution in [3.05, 3.63) is 110 Å². The molecule has 0 aliphatic heterocycles. The summed E-state index contributed by atoms with van der Waals surface area (Å²) in [7, 11) is 0. The monoisotopic (exact) mass is 493 g/mol. The molecule has 4 aromatic rings. The summed E-state index contributed by atoms with van der Waals surface area (Å²) in [5.74, 6) is 2.95. The molecule has 0 spiro atoms. The average molecular weight is 494 g/mol. The molecule has 0 radical (unpaired) electrons. The van der Waals surface area contributed by atoms with Crippen molar-refractivity contribution in [3.8, 4) is 0 Å². The van der Waals surface area contributed by atoms with Gasteiger partial charge in [-0.05, 0) is 112 Å². The van der Waals surface area contributed by atoms with Crippen molar-refractivity contribution < 1.29 is 4.42 Å². The third-order valence-corrected chi connectivity index (χ3v) is 5.68. The molecule has 5 rings (SSSR count). The van der Waals surface area contributed by atoms with Crippen LogP contribution in [-0.4, -0.2) is 15.0 Å². The Morgan fingerprint density at radius 1 is 0.629 bits per heavy atom. The molecule has 0 amide bonds. The van der Waals surface area contributed by atoms with Gasteiger partial charge in [0.05, 0.1) is 0 Å². The zero-order valence-electron chi connectivity index (χ0n) is 23.2. The minimum Gasteiger partial charge on any atom is -0.467 e. The topological polar surface area (TPSA) is 57.6 Å². The van der Waals surface area contributed by atoms with Gasteiger partial charge in [0.15, 0.2) is 0 Å². The van der Waals surface area contributed by atoms with Crippen LogP contribution in [0.4, 0.5) is 0 Å². The molecule has 0 saturated heterocycles. The van der Waals surface area contributed by atoms with Crippen LogP contribution in [0.5, 0.6) is 0 Å². The number of hydrogen-bond acceptors (Lipinski definition) is 3. The molecule has 4 nitrogen and oxygen atoms in total. The van der Waals surface area contributed by atoms with Crippen molar-refractivity contribution in [2.45, 2.75) is 75.7 Å². The van der Waals surface area contributed by atoms with Crippen LogP contribution in [0.1, 0.15) is 64.4 Å². The number of aryl methyl sites for hydroxylation is 8. The number of aromatic amines is 2. The summed E-state index contributed by atoms with van der Waals surface area (Å²) in [6.07, 6.45) is 7.36. The summed E-state index contributed by atoms with van der Waals surface area (Å²) in [5.41, 5.74) is 6.56. The van der Waals surface area contributed by atoms with Gasteiger partial charge in [-0.3, -0.25) is 0 Å². The summed E-state index contributed by atoms with van der Waals surface area (Å²) in [4.78, 5) is 12.9. The van der Waals surface area contributed by atoms with E-state index in [4.69, 9.17) is 4.42 Å². The summed E-state index contributed by atoms with van der Waals surface area (Å²) in [6, 6.07) is 12.3. The molecule has 0 unspecified atom stereocenters. The van der Waals surface area contributed by atoms with Gasteiger partial charge >= 0.3 is 0 Å². The Morgan fingerprint density at radius 2 is 1.11 bits per heavy atom. The predicted octanol–water partition coefficient (Wildman–Crippen LogP) is 9.20. The van der Waals surface area contributed by atoms with Gasteiger partial charge in [-0.15, -0.1) is 11.3 Å². The number of hydrogen-bond donors (Lipinski definition) is 2. The Kier molecular flexibility index (Phi) is 13.5. The summed E-state index contributed by atoms with van der Waals surface area (Å²) in [6.45, 7) is 20.5. The van der Waals surface area contributed by atoms with Crippen molar-refractivity contribution >= 4 is 11.3 Å². The van der Waals surface area contributed by atoms with Crippen molar-refractivity contribution in [2.24, 2.45) is 0 Å². The van der Waals surface area contributed by atoms with E-state index in [9.17, 15) is 0 Å². The van der Waals surface area contributed by atoms with E-state index in [1.165, 1.54) is 38.7 Å². The third kappa shape index (κ3) is 14.7. The highest BCUT2D eigenvalue weighted by molar-refractivity contribution is 7.11. The first-order valence-electron chi connectivity index (χ1n) is 11.9. The van der Waals surface area contributed by atoms with E-state index in [1.54, 1.807) is 0 Å². The number of allylic oxidation sites excluding steroid dienone is 4. The molecule has 35 heavy (non-hydrogen) atoms. The van der Waals surface area contributed by atoms with Crippen LogP contribution in [0, 0.1) is 55.4 Å². The number of H-pyrrole nitrogens is 2. The van der Waals surface area contributed by atoms with Crippen molar-refractivity contribution in [2.75, 3.05) is 0 Å². The summed E-state index contributed by atoms with van der Waals surface area (Å²) >= 11 is 1.84. The first-order valence-corrected chi connectivity index (χ1v) is 12.8. The van der Waals surface area contributed by atoms with Gasteiger partial charge in [0, 0.05) is 33.0 Å². The zero-order chi connectivity index (χ0) is 26.4. The summed E-state index contributed by atoms with van der Waals surface area (Å²) in [5, 5.41) is 0. The number of thiophene rings is 1. The molecule has 190 valence electrons. The molecule has 4 heterocycles. The Labute approximate surface area is 216 Å². The van der Waals surface area contributed by atoms with Gasteiger partial charge in [-0.25, -0.2) is 4.98 Å². The molecule has 0 atom stereocenters. The van der Waals surface area contributed by atoms with E-state index in [2.05, 4.69) is 79.1 Å². The second-order valence-electron chi connectivity index (χ2n) is 8.99. The molecular weight excluding hydrogens is 450 g/mol. The van der Waals surface area contributed by atoms with Crippen LogP contribution in [0.15, 0.2) is 70.3 Å². The molecule has 1 aliphatic rings. The molecule has 5 heteroatoms. The van der Waals surface area contributed by atoms with Gasteiger partial charge in [0.1, 0.15) is 17.3 Å². The molecule has 0 fully saturated rings. The van der Waals surface area contributed by atoms with Crippen LogP contribution in [0.25, 0.3) is 0 Å². The quantitative estimate of drug-likeness (QED) is 0.256. The van der Waals surface area contributed by atoms with Gasteiger partial charge < -0.3 is 14.4 Å². The van der Waals surface area contributed by atoms with E-state index < -0.39 is 0 Å². The first-order chi connectivity index (χ1) is 16.4. The molecule has 0 saturated carbocycles. The van der Waals surface area contributed by atoms with Gasteiger partial charge in [0.25, 0.3) is 0 Å². The number of aromatic nitrogens is 3. The zero-order valence-corrected chi connectivity index (χ0v) is 24.0. The molecular formula is C30H43N3OS. The maximum atomic E-state index is 5.08. The Bertz CT molecular complexity index is 949.